The molecule has 0 radical (unpaired) electrons. The largest absolute Gasteiger partial charge is 0.296 e. The number of benzene rings is 7. The van der Waals surface area contributed by atoms with E-state index in [2.05, 4.69) is 170 Å². The minimum atomic E-state index is 0.303. The third kappa shape index (κ3) is 4.30. The Bertz CT molecular complexity index is 2280. The first kappa shape index (κ1) is 26.2. The van der Waals surface area contributed by atoms with Crippen molar-refractivity contribution in [2.75, 3.05) is 0 Å². The number of nitrogens with zero attached hydrogens (tertiary/aromatic N) is 2. The van der Waals surface area contributed by atoms with Crippen LogP contribution in [0.5, 0.6) is 0 Å². The van der Waals surface area contributed by atoms with Crippen molar-refractivity contribution >= 4 is 32.6 Å². The van der Waals surface area contributed by atoms with Crippen molar-refractivity contribution in [1.29, 1.82) is 0 Å². The fourth-order valence-corrected chi connectivity index (χ4v) is 6.70. The van der Waals surface area contributed by atoms with Gasteiger partial charge in [0.1, 0.15) is 5.82 Å². The van der Waals surface area contributed by atoms with Crippen LogP contribution in [0.4, 0.5) is 0 Å². The number of hydrogen-bond donors (Lipinski definition) is 0. The summed E-state index contributed by atoms with van der Waals surface area (Å²) in [5.74, 6) is 1.38. The van der Waals surface area contributed by atoms with E-state index in [1.807, 2.05) is 0 Å². The van der Waals surface area contributed by atoms with Gasteiger partial charge in [-0.25, -0.2) is 4.98 Å². The number of imidazole rings is 1. The molecule has 0 unspecified atom stereocenters. The monoisotopic (exact) mass is 564 g/mol. The Labute approximate surface area is 257 Å². The van der Waals surface area contributed by atoms with E-state index in [-0.39, 0.29) is 0 Å². The molecule has 44 heavy (non-hydrogen) atoms. The molecule has 2 nitrogen and oxygen atoms in total. The Morgan fingerprint density at radius 3 is 1.66 bits per heavy atom. The number of hydrogen-bond acceptors (Lipinski definition) is 1. The first-order valence-corrected chi connectivity index (χ1v) is 15.3. The molecule has 0 spiro atoms. The van der Waals surface area contributed by atoms with Crippen LogP contribution in [0.25, 0.3) is 71.6 Å². The van der Waals surface area contributed by atoms with Crippen LogP contribution in [0.3, 0.4) is 0 Å². The molecule has 0 amide bonds. The van der Waals surface area contributed by atoms with Crippen molar-refractivity contribution in [2.45, 2.75) is 19.8 Å². The van der Waals surface area contributed by atoms with E-state index >= 15 is 0 Å². The zero-order valence-corrected chi connectivity index (χ0v) is 24.9. The van der Waals surface area contributed by atoms with E-state index in [4.69, 9.17) is 4.98 Å². The van der Waals surface area contributed by atoms with E-state index in [0.29, 0.717) is 5.92 Å². The molecule has 0 aliphatic heterocycles. The van der Waals surface area contributed by atoms with Crippen molar-refractivity contribution in [2.24, 2.45) is 0 Å². The molecule has 210 valence electrons. The standard InChI is InChI=1S/C42H32N2/c1-28(2)42-43-38-19-11-12-20-39(38)44(42)33-24-21-31(22-25-33)41-35-18-10-9-17-34(35)40(30-15-7-4-8-16-30)36-26-23-32(27-37(36)41)29-13-5-3-6-14-29/h3-28H,1-2H3. The summed E-state index contributed by atoms with van der Waals surface area (Å²) in [7, 11) is 0. The number of fused-ring (bicyclic) bond motifs is 3. The molecule has 2 heteroatoms. The molecule has 0 N–H and O–H groups in total. The maximum atomic E-state index is 4.99. The van der Waals surface area contributed by atoms with Crippen molar-refractivity contribution in [3.8, 4) is 39.1 Å². The second-order valence-corrected chi connectivity index (χ2v) is 11.8. The smallest absolute Gasteiger partial charge is 0.117 e. The Hall–Kier alpha value is -5.47. The fraction of sp³-hybridized carbons (Fsp3) is 0.0714. The topological polar surface area (TPSA) is 17.8 Å². The van der Waals surface area contributed by atoms with Gasteiger partial charge in [-0.3, -0.25) is 4.57 Å². The molecule has 0 bridgehead atoms. The fourth-order valence-electron chi connectivity index (χ4n) is 6.70. The SMILES string of the molecule is CC(C)c1nc2ccccc2n1-c1ccc(-c2c3ccccc3c(-c3ccccc3)c3ccc(-c4ccccc4)cc23)cc1. The van der Waals surface area contributed by atoms with E-state index in [1.54, 1.807) is 0 Å². The number of para-hydroxylation sites is 2. The molecule has 8 aromatic rings. The van der Waals surface area contributed by atoms with Crippen molar-refractivity contribution in [3.05, 3.63) is 157 Å². The van der Waals surface area contributed by atoms with Crippen LogP contribution in [-0.2, 0) is 0 Å². The number of aromatic nitrogens is 2. The third-order valence-electron chi connectivity index (χ3n) is 8.71. The van der Waals surface area contributed by atoms with Crippen LogP contribution in [0, 0.1) is 0 Å². The summed E-state index contributed by atoms with van der Waals surface area (Å²) in [5, 5.41) is 5.04. The summed E-state index contributed by atoms with van der Waals surface area (Å²) < 4.78 is 2.31. The lowest BCUT2D eigenvalue weighted by Crippen LogP contribution is -2.03. The van der Waals surface area contributed by atoms with Crippen LogP contribution in [0.1, 0.15) is 25.6 Å². The highest BCUT2D eigenvalue weighted by atomic mass is 15.1. The van der Waals surface area contributed by atoms with Gasteiger partial charge in [0.25, 0.3) is 0 Å². The van der Waals surface area contributed by atoms with Gasteiger partial charge >= 0.3 is 0 Å². The molecule has 0 saturated heterocycles. The van der Waals surface area contributed by atoms with Gasteiger partial charge in [0, 0.05) is 11.6 Å². The van der Waals surface area contributed by atoms with Gasteiger partial charge in [-0.2, -0.15) is 0 Å². The van der Waals surface area contributed by atoms with Crippen molar-refractivity contribution in [1.82, 2.24) is 9.55 Å². The molecular formula is C42H32N2. The lowest BCUT2D eigenvalue weighted by atomic mass is 9.85. The minimum absolute atomic E-state index is 0.303. The second-order valence-electron chi connectivity index (χ2n) is 11.8. The van der Waals surface area contributed by atoms with Crippen molar-refractivity contribution in [3.63, 3.8) is 0 Å². The molecule has 1 heterocycles. The number of rotatable bonds is 5. The Kier molecular flexibility index (Phi) is 6.34. The Morgan fingerprint density at radius 2 is 0.977 bits per heavy atom. The summed E-state index contributed by atoms with van der Waals surface area (Å²) in [6, 6.07) is 54.8. The van der Waals surface area contributed by atoms with E-state index in [0.717, 1.165) is 22.5 Å². The average Bonchev–Trinajstić information content (AvgIpc) is 3.48. The molecule has 0 aliphatic rings. The predicted octanol–water partition coefficient (Wildman–Crippen LogP) is 11.5. The summed E-state index contributed by atoms with van der Waals surface area (Å²) in [6.07, 6.45) is 0. The highest BCUT2D eigenvalue weighted by molar-refractivity contribution is 6.22. The van der Waals surface area contributed by atoms with Gasteiger partial charge in [-0.1, -0.05) is 135 Å². The van der Waals surface area contributed by atoms with Crippen LogP contribution in [0.15, 0.2) is 152 Å². The third-order valence-corrected chi connectivity index (χ3v) is 8.71. The van der Waals surface area contributed by atoms with Gasteiger partial charge in [0.15, 0.2) is 0 Å². The molecular weight excluding hydrogens is 532 g/mol. The van der Waals surface area contributed by atoms with Gasteiger partial charge in [0.05, 0.1) is 11.0 Å². The lowest BCUT2D eigenvalue weighted by Gasteiger charge is -2.19. The second kappa shape index (κ2) is 10.7. The van der Waals surface area contributed by atoms with Gasteiger partial charge in [-0.05, 0) is 85.3 Å². The quantitative estimate of drug-likeness (QED) is 0.190. The molecule has 1 aromatic heterocycles. The molecule has 0 fully saturated rings. The van der Waals surface area contributed by atoms with Crippen LogP contribution < -0.4 is 0 Å². The van der Waals surface area contributed by atoms with Crippen LogP contribution >= 0.6 is 0 Å². The molecule has 0 atom stereocenters. The molecule has 0 saturated carbocycles. The maximum Gasteiger partial charge on any atom is 0.117 e. The average molecular weight is 565 g/mol. The van der Waals surface area contributed by atoms with Crippen LogP contribution in [-0.4, -0.2) is 9.55 Å². The Balaban J connectivity index is 1.40. The van der Waals surface area contributed by atoms with E-state index in [9.17, 15) is 0 Å². The zero-order valence-electron chi connectivity index (χ0n) is 24.9. The minimum Gasteiger partial charge on any atom is -0.296 e. The van der Waals surface area contributed by atoms with E-state index in [1.165, 1.54) is 54.9 Å². The summed E-state index contributed by atoms with van der Waals surface area (Å²) in [4.78, 5) is 4.99. The lowest BCUT2D eigenvalue weighted by molar-refractivity contribution is 0.760. The normalized spacial score (nSPS) is 11.6. The highest BCUT2D eigenvalue weighted by Crippen LogP contribution is 2.45. The predicted molar refractivity (Wildman–Crippen MR) is 186 cm³/mol. The van der Waals surface area contributed by atoms with Gasteiger partial charge in [-0.15, -0.1) is 0 Å². The first-order chi connectivity index (χ1) is 21.7. The first-order valence-electron chi connectivity index (χ1n) is 15.3. The highest BCUT2D eigenvalue weighted by Gasteiger charge is 2.19. The van der Waals surface area contributed by atoms with E-state index < -0.39 is 0 Å². The maximum absolute atomic E-state index is 4.99. The molecule has 0 aliphatic carbocycles. The summed E-state index contributed by atoms with van der Waals surface area (Å²) in [5.41, 5.74) is 10.7. The summed E-state index contributed by atoms with van der Waals surface area (Å²) in [6.45, 7) is 4.42. The Morgan fingerprint density at radius 1 is 0.455 bits per heavy atom. The van der Waals surface area contributed by atoms with Gasteiger partial charge < -0.3 is 0 Å². The van der Waals surface area contributed by atoms with Gasteiger partial charge in [0.2, 0.25) is 0 Å². The molecule has 8 rings (SSSR count). The zero-order chi connectivity index (χ0) is 29.6. The molecule has 7 aromatic carbocycles. The summed E-state index contributed by atoms with van der Waals surface area (Å²) >= 11 is 0. The van der Waals surface area contributed by atoms with Crippen LogP contribution in [0.2, 0.25) is 0 Å². The van der Waals surface area contributed by atoms with Crippen molar-refractivity contribution < 1.29 is 0 Å².